The predicted molar refractivity (Wildman–Crippen MR) is 66.6 cm³/mol. The number of hydrogen-bond donors (Lipinski definition) is 1. The average Bonchev–Trinajstić information content (AvgIpc) is 2.79. The lowest BCUT2D eigenvalue weighted by atomic mass is 10.2. The first-order valence-corrected chi connectivity index (χ1v) is 5.37. The number of carbonyl (C=O) groups excluding carboxylic acids is 1. The average molecular weight is 257 g/mol. The van der Waals surface area contributed by atoms with Gasteiger partial charge in [0.15, 0.2) is 11.5 Å². The number of ether oxygens (including phenoxy) is 1. The third-order valence-electron chi connectivity index (χ3n) is 2.43. The van der Waals surface area contributed by atoms with Crippen LogP contribution in [0.25, 0.3) is 5.82 Å². The normalized spacial score (nSPS) is 9.95. The molecule has 0 amide bonds. The Labute approximate surface area is 109 Å². The minimum absolute atomic E-state index is 0.0179. The molecular formula is C12H11N5O2. The smallest absolute Gasteiger partial charge is 0.360 e. The minimum Gasteiger partial charge on any atom is -0.464 e. The maximum atomic E-state index is 11.4. The number of carbonyl (C=O) groups is 1. The molecule has 0 fully saturated rings. The molecule has 0 aromatic carbocycles. The topological polar surface area (TPSA) is 107 Å². The molecule has 7 nitrogen and oxygen atoms in total. The Kier molecular flexibility index (Phi) is 3.16. The first kappa shape index (κ1) is 12.6. The van der Waals surface area contributed by atoms with Gasteiger partial charge in [0, 0.05) is 11.8 Å². The van der Waals surface area contributed by atoms with Gasteiger partial charge in [-0.1, -0.05) is 0 Å². The molecule has 19 heavy (non-hydrogen) atoms. The van der Waals surface area contributed by atoms with Crippen molar-refractivity contribution in [2.75, 3.05) is 12.8 Å². The zero-order chi connectivity index (χ0) is 14.0. The van der Waals surface area contributed by atoms with Crippen molar-refractivity contribution in [3.8, 4) is 11.9 Å². The van der Waals surface area contributed by atoms with Gasteiger partial charge in [-0.25, -0.2) is 14.5 Å². The van der Waals surface area contributed by atoms with Crippen molar-refractivity contribution >= 4 is 11.7 Å². The highest BCUT2D eigenvalue weighted by molar-refractivity contribution is 5.92. The van der Waals surface area contributed by atoms with Crippen LogP contribution in [0.5, 0.6) is 0 Å². The summed E-state index contributed by atoms with van der Waals surface area (Å²) in [4.78, 5) is 15.7. The number of anilines is 1. The number of nitrogens with zero attached hydrogens (tertiary/aromatic N) is 4. The van der Waals surface area contributed by atoms with Gasteiger partial charge in [-0.2, -0.15) is 10.4 Å². The molecule has 2 aromatic heterocycles. The molecule has 7 heteroatoms. The van der Waals surface area contributed by atoms with Gasteiger partial charge in [0.1, 0.15) is 0 Å². The van der Waals surface area contributed by atoms with Crippen LogP contribution in [0.2, 0.25) is 0 Å². The summed E-state index contributed by atoms with van der Waals surface area (Å²) in [5.41, 5.74) is 7.02. The summed E-state index contributed by atoms with van der Waals surface area (Å²) in [6.45, 7) is 1.76. The zero-order valence-corrected chi connectivity index (χ0v) is 10.4. The molecule has 2 N–H and O–H groups in total. The lowest BCUT2D eigenvalue weighted by molar-refractivity contribution is 0.0594. The fraction of sp³-hybridized carbons (Fsp3) is 0.167. The molecule has 0 aliphatic heterocycles. The quantitative estimate of drug-likeness (QED) is 0.798. The number of methoxy groups -OCH3 is 1. The standard InChI is InChI=1S/C12H11N5O2/c1-7-3-8(5-13)4-10(15-7)17-6-9(14)11(16-17)12(18)19-2/h3-4,6H,14H2,1-2H3. The van der Waals surface area contributed by atoms with Gasteiger partial charge in [0.25, 0.3) is 0 Å². The second-order valence-electron chi connectivity index (χ2n) is 3.84. The fourth-order valence-corrected chi connectivity index (χ4v) is 1.59. The van der Waals surface area contributed by atoms with Gasteiger partial charge >= 0.3 is 5.97 Å². The maximum absolute atomic E-state index is 11.4. The lowest BCUT2D eigenvalue weighted by Crippen LogP contribution is -2.06. The van der Waals surface area contributed by atoms with Crippen molar-refractivity contribution < 1.29 is 9.53 Å². The molecule has 0 saturated heterocycles. The van der Waals surface area contributed by atoms with Crippen LogP contribution in [0.1, 0.15) is 21.7 Å². The molecule has 0 spiro atoms. The van der Waals surface area contributed by atoms with Crippen molar-refractivity contribution in [3.63, 3.8) is 0 Å². The van der Waals surface area contributed by atoms with Crippen LogP contribution in [0.15, 0.2) is 18.3 Å². The molecule has 2 aromatic rings. The van der Waals surface area contributed by atoms with Crippen molar-refractivity contribution in [3.05, 3.63) is 35.3 Å². The molecule has 0 aliphatic rings. The molecule has 0 bridgehead atoms. The second-order valence-corrected chi connectivity index (χ2v) is 3.84. The first-order chi connectivity index (χ1) is 9.05. The SMILES string of the molecule is COC(=O)c1nn(-c2cc(C#N)cc(C)n2)cc1N. The van der Waals surface area contributed by atoms with E-state index in [1.807, 2.05) is 6.07 Å². The minimum atomic E-state index is -0.621. The summed E-state index contributed by atoms with van der Waals surface area (Å²) in [5.74, 6) is -0.206. The Bertz CT molecular complexity index is 684. The summed E-state index contributed by atoms with van der Waals surface area (Å²) in [7, 11) is 1.25. The number of esters is 1. The van der Waals surface area contributed by atoms with Gasteiger partial charge in [0.05, 0.1) is 30.6 Å². The highest BCUT2D eigenvalue weighted by Gasteiger charge is 2.16. The van der Waals surface area contributed by atoms with Gasteiger partial charge < -0.3 is 10.5 Å². The van der Waals surface area contributed by atoms with Gasteiger partial charge in [0.2, 0.25) is 0 Å². The number of pyridine rings is 1. The van der Waals surface area contributed by atoms with E-state index >= 15 is 0 Å². The number of nitriles is 1. The van der Waals surface area contributed by atoms with E-state index < -0.39 is 5.97 Å². The number of nitrogen functional groups attached to an aromatic ring is 1. The molecule has 2 rings (SSSR count). The second kappa shape index (κ2) is 4.78. The fourth-order valence-electron chi connectivity index (χ4n) is 1.59. The first-order valence-electron chi connectivity index (χ1n) is 5.37. The Morgan fingerprint density at radius 2 is 2.26 bits per heavy atom. The van der Waals surface area contributed by atoms with E-state index in [0.717, 1.165) is 0 Å². The van der Waals surface area contributed by atoms with Gasteiger partial charge in [-0.05, 0) is 13.0 Å². The van der Waals surface area contributed by atoms with Crippen LogP contribution in [-0.4, -0.2) is 27.8 Å². The molecule has 0 aliphatic carbocycles. The third-order valence-corrected chi connectivity index (χ3v) is 2.43. The summed E-state index contributed by atoms with van der Waals surface area (Å²) >= 11 is 0. The maximum Gasteiger partial charge on any atom is 0.360 e. The molecular weight excluding hydrogens is 246 g/mol. The summed E-state index contributed by atoms with van der Waals surface area (Å²) in [5, 5.41) is 12.9. The lowest BCUT2D eigenvalue weighted by Gasteiger charge is -2.02. The van der Waals surface area contributed by atoms with Crippen LogP contribution < -0.4 is 5.73 Å². The van der Waals surface area contributed by atoms with Crippen LogP contribution in [0.3, 0.4) is 0 Å². The number of aromatic nitrogens is 3. The van der Waals surface area contributed by atoms with Crippen molar-refractivity contribution in [2.24, 2.45) is 0 Å². The molecule has 0 saturated carbocycles. The molecule has 0 unspecified atom stereocenters. The number of aryl methyl sites for hydroxylation is 1. The Morgan fingerprint density at radius 1 is 1.53 bits per heavy atom. The number of hydrogen-bond acceptors (Lipinski definition) is 6. The van der Waals surface area contributed by atoms with Gasteiger partial charge in [-0.15, -0.1) is 0 Å². The van der Waals surface area contributed by atoms with E-state index in [2.05, 4.69) is 14.8 Å². The summed E-state index contributed by atoms with van der Waals surface area (Å²) in [6, 6.07) is 5.24. The number of nitrogens with two attached hydrogens (primary N) is 1. The molecule has 0 atom stereocenters. The monoisotopic (exact) mass is 257 g/mol. The van der Waals surface area contributed by atoms with E-state index in [1.54, 1.807) is 19.1 Å². The van der Waals surface area contributed by atoms with E-state index in [9.17, 15) is 4.79 Å². The van der Waals surface area contributed by atoms with E-state index in [-0.39, 0.29) is 11.4 Å². The van der Waals surface area contributed by atoms with Crippen LogP contribution in [-0.2, 0) is 4.74 Å². The highest BCUT2D eigenvalue weighted by Crippen LogP contribution is 2.15. The van der Waals surface area contributed by atoms with E-state index in [0.29, 0.717) is 17.1 Å². The molecule has 0 radical (unpaired) electrons. The van der Waals surface area contributed by atoms with Crippen molar-refractivity contribution in [1.29, 1.82) is 5.26 Å². The van der Waals surface area contributed by atoms with Crippen LogP contribution in [0, 0.1) is 18.3 Å². The van der Waals surface area contributed by atoms with E-state index in [4.69, 9.17) is 11.0 Å². The van der Waals surface area contributed by atoms with Crippen LogP contribution >= 0.6 is 0 Å². The summed E-state index contributed by atoms with van der Waals surface area (Å²) < 4.78 is 5.91. The third kappa shape index (κ3) is 2.37. The summed E-state index contributed by atoms with van der Waals surface area (Å²) in [6.07, 6.45) is 1.45. The Balaban J connectivity index is 2.51. The zero-order valence-electron chi connectivity index (χ0n) is 10.4. The molecule has 96 valence electrons. The predicted octanol–water partition coefficient (Wildman–Crippen LogP) is 0.816. The van der Waals surface area contributed by atoms with Crippen molar-refractivity contribution in [2.45, 2.75) is 6.92 Å². The van der Waals surface area contributed by atoms with Gasteiger partial charge in [-0.3, -0.25) is 0 Å². The highest BCUT2D eigenvalue weighted by atomic mass is 16.5. The largest absolute Gasteiger partial charge is 0.464 e. The van der Waals surface area contributed by atoms with Crippen molar-refractivity contribution in [1.82, 2.24) is 14.8 Å². The Morgan fingerprint density at radius 3 is 2.89 bits per heavy atom. The van der Waals surface area contributed by atoms with Crippen LogP contribution in [0.4, 0.5) is 5.69 Å². The number of rotatable bonds is 2. The van der Waals surface area contributed by atoms with E-state index in [1.165, 1.54) is 18.0 Å². The Hall–Kier alpha value is -2.88. The molecule has 2 heterocycles.